The number of pyridine rings is 1. The fraction of sp³-hybridized carbons (Fsp3) is 0.158. The van der Waals surface area contributed by atoms with Gasteiger partial charge in [0.15, 0.2) is 0 Å². The number of hydrogen-bond acceptors (Lipinski definition) is 5. The summed E-state index contributed by atoms with van der Waals surface area (Å²) in [4.78, 5) is 4.55. The van der Waals surface area contributed by atoms with Gasteiger partial charge in [-0.05, 0) is 48.9 Å². The number of nitrogens with zero attached hydrogens (tertiary/aromatic N) is 3. The molecule has 1 heterocycles. The van der Waals surface area contributed by atoms with Crippen molar-refractivity contribution in [3.8, 4) is 0 Å². The Balaban J connectivity index is 1.85. The van der Waals surface area contributed by atoms with Crippen molar-refractivity contribution >= 4 is 43.9 Å². The van der Waals surface area contributed by atoms with Crippen LogP contribution in [0.2, 0.25) is 5.02 Å². The van der Waals surface area contributed by atoms with Gasteiger partial charge in [-0.1, -0.05) is 23.7 Å². The normalized spacial score (nSPS) is 12.6. The molecule has 0 saturated carbocycles. The zero-order valence-corrected chi connectivity index (χ0v) is 16.7. The molecule has 0 aliphatic heterocycles. The van der Waals surface area contributed by atoms with Crippen molar-refractivity contribution in [1.29, 1.82) is 0 Å². The van der Waals surface area contributed by atoms with Gasteiger partial charge in [0.05, 0.1) is 21.8 Å². The molecular weight excluding hydrogens is 384 g/mol. The molecule has 0 amide bonds. The van der Waals surface area contributed by atoms with Gasteiger partial charge in [-0.25, -0.2) is 12.7 Å². The number of benzene rings is 2. The molecule has 3 rings (SSSR count). The van der Waals surface area contributed by atoms with Crippen molar-refractivity contribution in [2.24, 2.45) is 5.10 Å². The first kappa shape index (κ1) is 19.3. The third-order valence-electron chi connectivity index (χ3n) is 4.10. The Morgan fingerprint density at radius 3 is 2.48 bits per heavy atom. The van der Waals surface area contributed by atoms with Crippen LogP contribution in [0.15, 0.2) is 64.7 Å². The molecule has 0 unspecified atom stereocenters. The zero-order valence-electron chi connectivity index (χ0n) is 15.1. The third-order valence-corrected chi connectivity index (χ3v) is 6.16. The fourth-order valence-electron chi connectivity index (χ4n) is 2.51. The minimum absolute atomic E-state index is 0.244. The Kier molecular flexibility index (Phi) is 5.46. The summed E-state index contributed by atoms with van der Waals surface area (Å²) < 4.78 is 25.5. The Morgan fingerprint density at radius 2 is 1.81 bits per heavy atom. The van der Waals surface area contributed by atoms with Crippen LogP contribution in [-0.4, -0.2) is 37.5 Å². The Morgan fingerprint density at radius 1 is 1.11 bits per heavy atom. The zero-order chi connectivity index (χ0) is 19.6. The molecular formula is C19H19ClN4O2S. The standard InChI is InChI=1S/C19H19ClN4O2S/c1-13(14-4-7-16(8-5-14)27(25,26)24(2)3)22-23-18-10-11-21-19-12-15(20)6-9-17(18)19/h4-12H,1-3H3,(H,21,23)/b22-13-. The van der Waals surface area contributed by atoms with Crippen molar-refractivity contribution in [1.82, 2.24) is 9.29 Å². The highest BCUT2D eigenvalue weighted by Gasteiger charge is 2.16. The van der Waals surface area contributed by atoms with Crippen LogP contribution in [0.25, 0.3) is 10.9 Å². The van der Waals surface area contributed by atoms with Crippen LogP contribution in [0.5, 0.6) is 0 Å². The number of sulfonamides is 1. The lowest BCUT2D eigenvalue weighted by atomic mass is 10.1. The van der Waals surface area contributed by atoms with Crippen LogP contribution >= 0.6 is 11.6 Å². The molecule has 0 bridgehead atoms. The van der Waals surface area contributed by atoms with E-state index in [0.29, 0.717) is 5.02 Å². The second kappa shape index (κ2) is 7.64. The summed E-state index contributed by atoms with van der Waals surface area (Å²) in [5, 5.41) is 5.94. The SMILES string of the molecule is C/C(=N/Nc1ccnc2cc(Cl)ccc12)c1ccc(S(=O)(=O)N(C)C)cc1. The van der Waals surface area contributed by atoms with Gasteiger partial charge in [0.1, 0.15) is 0 Å². The van der Waals surface area contributed by atoms with Crippen molar-refractivity contribution in [2.45, 2.75) is 11.8 Å². The van der Waals surface area contributed by atoms with Crippen LogP contribution in [-0.2, 0) is 10.0 Å². The maximum Gasteiger partial charge on any atom is 0.242 e. The van der Waals surface area contributed by atoms with Crippen molar-refractivity contribution in [2.75, 3.05) is 19.5 Å². The first-order valence-electron chi connectivity index (χ1n) is 8.16. The molecule has 2 aromatic carbocycles. The molecule has 1 N–H and O–H groups in total. The van der Waals surface area contributed by atoms with Gasteiger partial charge in [-0.3, -0.25) is 10.4 Å². The lowest BCUT2D eigenvalue weighted by molar-refractivity contribution is 0.521. The number of hydrazone groups is 1. The Hall–Kier alpha value is -2.48. The lowest BCUT2D eigenvalue weighted by Gasteiger charge is -2.11. The lowest BCUT2D eigenvalue weighted by Crippen LogP contribution is -2.22. The first-order valence-corrected chi connectivity index (χ1v) is 9.98. The van der Waals surface area contributed by atoms with E-state index in [1.807, 2.05) is 19.1 Å². The highest BCUT2D eigenvalue weighted by Crippen LogP contribution is 2.24. The van der Waals surface area contributed by atoms with Crippen LogP contribution in [0, 0.1) is 0 Å². The Labute approximate surface area is 163 Å². The van der Waals surface area contributed by atoms with E-state index in [2.05, 4.69) is 15.5 Å². The van der Waals surface area contributed by atoms with Crippen LogP contribution in [0.4, 0.5) is 5.69 Å². The van der Waals surface area contributed by atoms with Crippen LogP contribution in [0.1, 0.15) is 12.5 Å². The molecule has 27 heavy (non-hydrogen) atoms. The summed E-state index contributed by atoms with van der Waals surface area (Å²) in [5.74, 6) is 0. The fourth-order valence-corrected chi connectivity index (χ4v) is 3.57. The quantitative estimate of drug-likeness (QED) is 0.517. The molecule has 0 saturated heterocycles. The Bertz CT molecular complexity index is 1110. The van der Waals surface area contributed by atoms with Crippen molar-refractivity contribution < 1.29 is 8.42 Å². The van der Waals surface area contributed by atoms with E-state index < -0.39 is 10.0 Å². The van der Waals surface area contributed by atoms with Crippen LogP contribution < -0.4 is 5.43 Å². The van der Waals surface area contributed by atoms with Gasteiger partial charge in [0.25, 0.3) is 0 Å². The van der Waals surface area contributed by atoms with Crippen molar-refractivity contribution in [3.63, 3.8) is 0 Å². The summed E-state index contributed by atoms with van der Waals surface area (Å²) in [6.45, 7) is 1.85. The molecule has 8 heteroatoms. The molecule has 1 aromatic heterocycles. The minimum Gasteiger partial charge on any atom is -0.277 e. The van der Waals surface area contributed by atoms with E-state index in [4.69, 9.17) is 11.6 Å². The van der Waals surface area contributed by atoms with E-state index >= 15 is 0 Å². The molecule has 140 valence electrons. The number of fused-ring (bicyclic) bond motifs is 1. The molecule has 0 radical (unpaired) electrons. The predicted molar refractivity (Wildman–Crippen MR) is 110 cm³/mol. The van der Waals surface area contributed by atoms with E-state index in [9.17, 15) is 8.42 Å². The molecule has 0 aliphatic rings. The van der Waals surface area contributed by atoms with Crippen molar-refractivity contribution in [3.05, 3.63) is 65.3 Å². The monoisotopic (exact) mass is 402 g/mol. The summed E-state index contributed by atoms with van der Waals surface area (Å²) in [6.07, 6.45) is 1.69. The average molecular weight is 403 g/mol. The van der Waals surface area contributed by atoms with Gasteiger partial charge in [-0.15, -0.1) is 0 Å². The van der Waals surface area contributed by atoms with E-state index in [1.54, 1.807) is 42.6 Å². The molecule has 0 fully saturated rings. The smallest absolute Gasteiger partial charge is 0.242 e. The summed E-state index contributed by atoms with van der Waals surface area (Å²) in [6, 6.07) is 13.9. The maximum absolute atomic E-state index is 12.1. The largest absolute Gasteiger partial charge is 0.277 e. The number of aromatic nitrogens is 1. The molecule has 0 atom stereocenters. The third kappa shape index (κ3) is 4.10. The van der Waals surface area contributed by atoms with Gasteiger partial charge < -0.3 is 0 Å². The second-order valence-electron chi connectivity index (χ2n) is 6.14. The van der Waals surface area contributed by atoms with Gasteiger partial charge in [0, 0.05) is 30.7 Å². The highest BCUT2D eigenvalue weighted by molar-refractivity contribution is 7.89. The second-order valence-corrected chi connectivity index (χ2v) is 8.73. The maximum atomic E-state index is 12.1. The number of anilines is 1. The highest BCUT2D eigenvalue weighted by atomic mass is 35.5. The number of halogens is 1. The number of rotatable bonds is 5. The van der Waals surface area contributed by atoms with Gasteiger partial charge in [-0.2, -0.15) is 5.10 Å². The van der Waals surface area contributed by atoms with Gasteiger partial charge >= 0.3 is 0 Å². The topological polar surface area (TPSA) is 74.7 Å². The van der Waals surface area contributed by atoms with E-state index in [0.717, 1.165) is 27.9 Å². The number of hydrogen-bond donors (Lipinski definition) is 1. The minimum atomic E-state index is -3.44. The molecule has 6 nitrogen and oxygen atoms in total. The summed E-state index contributed by atoms with van der Waals surface area (Å²) in [5.41, 5.74) is 6.18. The first-order chi connectivity index (χ1) is 12.8. The molecule has 3 aromatic rings. The van der Waals surface area contributed by atoms with E-state index in [-0.39, 0.29) is 4.90 Å². The van der Waals surface area contributed by atoms with E-state index in [1.165, 1.54) is 18.4 Å². The van der Waals surface area contributed by atoms with Gasteiger partial charge in [0.2, 0.25) is 10.0 Å². The summed E-state index contributed by atoms with van der Waals surface area (Å²) in [7, 11) is -0.430. The van der Waals surface area contributed by atoms with Crippen LogP contribution in [0.3, 0.4) is 0 Å². The molecule has 0 spiro atoms. The summed E-state index contributed by atoms with van der Waals surface area (Å²) >= 11 is 6.01. The average Bonchev–Trinajstić information content (AvgIpc) is 2.65. The molecule has 0 aliphatic carbocycles. The number of nitrogens with one attached hydrogen (secondary N) is 1. The predicted octanol–water partition coefficient (Wildman–Crippen LogP) is 3.97.